The first-order valence-electron chi connectivity index (χ1n) is 8.31. The third-order valence-electron chi connectivity index (χ3n) is 3.88. The van der Waals surface area contributed by atoms with E-state index in [2.05, 4.69) is 5.32 Å². The molecule has 2 rings (SSSR count). The van der Waals surface area contributed by atoms with Crippen LogP contribution < -0.4 is 14.8 Å². The summed E-state index contributed by atoms with van der Waals surface area (Å²) in [6, 6.07) is 10.0. The first-order chi connectivity index (χ1) is 13.0. The van der Waals surface area contributed by atoms with Gasteiger partial charge in [-0.1, -0.05) is 29.3 Å². The minimum Gasteiger partial charge on any atom is -0.497 e. The summed E-state index contributed by atoms with van der Waals surface area (Å²) in [6.07, 6.45) is 0.448. The fourth-order valence-electron chi connectivity index (χ4n) is 2.48. The van der Waals surface area contributed by atoms with E-state index in [0.29, 0.717) is 46.7 Å². The zero-order chi connectivity index (χ0) is 19.8. The number of urea groups is 1. The summed E-state index contributed by atoms with van der Waals surface area (Å²) in [7, 11) is 3.07. The molecule has 0 atom stereocenters. The van der Waals surface area contributed by atoms with E-state index in [0.717, 1.165) is 5.56 Å². The van der Waals surface area contributed by atoms with Gasteiger partial charge in [-0.15, -0.1) is 0 Å². The quantitative estimate of drug-likeness (QED) is 0.672. The average Bonchev–Trinajstić information content (AvgIpc) is 2.67. The molecule has 0 aromatic heterocycles. The van der Waals surface area contributed by atoms with Gasteiger partial charge < -0.3 is 24.8 Å². The fourth-order valence-corrected chi connectivity index (χ4v) is 2.80. The topological polar surface area (TPSA) is 71.0 Å². The zero-order valence-electron chi connectivity index (χ0n) is 15.2. The van der Waals surface area contributed by atoms with Gasteiger partial charge in [-0.05, 0) is 36.2 Å². The third kappa shape index (κ3) is 5.92. The van der Waals surface area contributed by atoms with Crippen LogP contribution in [-0.4, -0.2) is 43.4 Å². The summed E-state index contributed by atoms with van der Waals surface area (Å²) in [5.74, 6) is 1.11. The van der Waals surface area contributed by atoms with Gasteiger partial charge in [0.1, 0.15) is 11.5 Å². The van der Waals surface area contributed by atoms with E-state index in [1.165, 1.54) is 7.11 Å². The predicted molar refractivity (Wildman–Crippen MR) is 107 cm³/mol. The fraction of sp³-hybridized carbons (Fsp3) is 0.316. The molecule has 0 fully saturated rings. The lowest BCUT2D eigenvalue weighted by Crippen LogP contribution is -2.35. The van der Waals surface area contributed by atoms with Crippen molar-refractivity contribution >= 4 is 34.9 Å². The second kappa shape index (κ2) is 10.3. The maximum absolute atomic E-state index is 12.8. The van der Waals surface area contributed by atoms with Crippen LogP contribution in [0.2, 0.25) is 10.0 Å². The number of methoxy groups -OCH3 is 2. The van der Waals surface area contributed by atoms with Crippen molar-refractivity contribution in [2.75, 3.05) is 32.7 Å². The van der Waals surface area contributed by atoms with Crippen LogP contribution in [-0.2, 0) is 6.54 Å². The van der Waals surface area contributed by atoms with Gasteiger partial charge >= 0.3 is 6.03 Å². The van der Waals surface area contributed by atoms with Gasteiger partial charge in [0.25, 0.3) is 0 Å². The minimum atomic E-state index is -0.332. The molecule has 2 N–H and O–H groups in total. The van der Waals surface area contributed by atoms with Crippen molar-refractivity contribution in [3.05, 3.63) is 52.0 Å². The van der Waals surface area contributed by atoms with Gasteiger partial charge in [-0.3, -0.25) is 0 Å². The van der Waals surface area contributed by atoms with E-state index < -0.39 is 0 Å². The van der Waals surface area contributed by atoms with E-state index >= 15 is 0 Å². The Morgan fingerprint density at radius 1 is 1.11 bits per heavy atom. The summed E-state index contributed by atoms with van der Waals surface area (Å²) in [5.41, 5.74) is 1.32. The number of nitrogens with one attached hydrogen (secondary N) is 1. The molecule has 2 aromatic carbocycles. The highest BCUT2D eigenvalue weighted by Gasteiger charge is 2.17. The van der Waals surface area contributed by atoms with E-state index in [-0.39, 0.29) is 12.6 Å². The molecule has 0 aliphatic heterocycles. The van der Waals surface area contributed by atoms with Crippen LogP contribution in [0.3, 0.4) is 0 Å². The number of aliphatic hydroxyl groups is 1. The van der Waals surface area contributed by atoms with Crippen LogP contribution in [0.5, 0.6) is 11.5 Å². The number of ether oxygens (including phenoxy) is 2. The van der Waals surface area contributed by atoms with E-state index in [4.69, 9.17) is 37.8 Å². The van der Waals surface area contributed by atoms with Crippen LogP contribution in [0.25, 0.3) is 0 Å². The molecule has 0 spiro atoms. The van der Waals surface area contributed by atoms with Crippen molar-refractivity contribution in [1.29, 1.82) is 0 Å². The molecule has 27 heavy (non-hydrogen) atoms. The molecule has 146 valence electrons. The van der Waals surface area contributed by atoms with Crippen LogP contribution in [0.4, 0.5) is 10.5 Å². The van der Waals surface area contributed by atoms with Crippen LogP contribution in [0, 0.1) is 0 Å². The normalized spacial score (nSPS) is 10.4. The second-order valence-electron chi connectivity index (χ2n) is 5.74. The highest BCUT2D eigenvalue weighted by Crippen LogP contribution is 2.29. The molecule has 8 heteroatoms. The Bertz CT molecular complexity index is 786. The van der Waals surface area contributed by atoms with Crippen molar-refractivity contribution in [2.24, 2.45) is 0 Å². The average molecular weight is 413 g/mol. The number of halogens is 2. The highest BCUT2D eigenvalue weighted by atomic mass is 35.5. The Morgan fingerprint density at radius 2 is 1.89 bits per heavy atom. The number of rotatable bonds is 8. The SMILES string of the molecule is COc1ccc(OC)c(NC(=O)N(CCCO)Cc2ccc(Cl)c(Cl)c2)c1. The standard InChI is InChI=1S/C19H22Cl2N2O4/c1-26-14-5-7-18(27-2)17(11-14)22-19(25)23(8-3-9-24)12-13-4-6-15(20)16(21)10-13/h4-7,10-11,24H,3,8-9,12H2,1-2H3,(H,22,25). The third-order valence-corrected chi connectivity index (χ3v) is 4.62. The van der Waals surface area contributed by atoms with E-state index in [1.807, 2.05) is 0 Å². The molecule has 6 nitrogen and oxygen atoms in total. The lowest BCUT2D eigenvalue weighted by Gasteiger charge is -2.24. The molecule has 2 aromatic rings. The molecule has 2 amide bonds. The van der Waals surface area contributed by atoms with Crippen molar-refractivity contribution < 1.29 is 19.4 Å². The molecule has 0 aliphatic rings. The number of benzene rings is 2. The number of aliphatic hydroxyl groups excluding tert-OH is 1. The largest absolute Gasteiger partial charge is 0.497 e. The van der Waals surface area contributed by atoms with Crippen LogP contribution >= 0.6 is 23.2 Å². The van der Waals surface area contributed by atoms with Gasteiger partial charge in [0.15, 0.2) is 0 Å². The molecule has 0 radical (unpaired) electrons. The Kier molecular flexibility index (Phi) is 8.03. The summed E-state index contributed by atoms with van der Waals surface area (Å²) < 4.78 is 10.5. The lowest BCUT2D eigenvalue weighted by atomic mass is 10.2. The van der Waals surface area contributed by atoms with E-state index in [1.54, 1.807) is 48.4 Å². The summed E-state index contributed by atoms with van der Waals surface area (Å²) in [6.45, 7) is 0.664. The Balaban J connectivity index is 2.20. The smallest absolute Gasteiger partial charge is 0.322 e. The number of carbonyl (C=O) groups excluding carboxylic acids is 1. The van der Waals surface area contributed by atoms with Gasteiger partial charge in [-0.25, -0.2) is 4.79 Å². The highest BCUT2D eigenvalue weighted by molar-refractivity contribution is 6.42. The van der Waals surface area contributed by atoms with Gasteiger partial charge in [0.2, 0.25) is 0 Å². The monoisotopic (exact) mass is 412 g/mol. The van der Waals surface area contributed by atoms with Crippen LogP contribution in [0.1, 0.15) is 12.0 Å². The number of carbonyl (C=O) groups is 1. The van der Waals surface area contributed by atoms with E-state index in [9.17, 15) is 4.79 Å². The number of anilines is 1. The Morgan fingerprint density at radius 3 is 2.52 bits per heavy atom. The first-order valence-corrected chi connectivity index (χ1v) is 9.06. The minimum absolute atomic E-state index is 0.0202. The molecular weight excluding hydrogens is 391 g/mol. The van der Waals surface area contributed by atoms with Gasteiger partial charge in [0, 0.05) is 25.8 Å². The zero-order valence-corrected chi connectivity index (χ0v) is 16.7. The number of hydrogen-bond acceptors (Lipinski definition) is 4. The summed E-state index contributed by atoms with van der Waals surface area (Å²) >= 11 is 12.0. The molecule has 0 aliphatic carbocycles. The summed E-state index contributed by atoms with van der Waals surface area (Å²) in [5, 5.41) is 12.9. The predicted octanol–water partition coefficient (Wildman–Crippen LogP) is 4.43. The Labute approximate surface area is 168 Å². The lowest BCUT2D eigenvalue weighted by molar-refractivity contribution is 0.199. The van der Waals surface area contributed by atoms with Crippen molar-refractivity contribution in [3.63, 3.8) is 0 Å². The van der Waals surface area contributed by atoms with Gasteiger partial charge in [0.05, 0.1) is 30.0 Å². The Hall–Kier alpha value is -2.15. The number of amides is 2. The molecule has 0 saturated carbocycles. The molecule has 0 saturated heterocycles. The maximum Gasteiger partial charge on any atom is 0.322 e. The maximum atomic E-state index is 12.8. The van der Waals surface area contributed by atoms with Crippen molar-refractivity contribution in [2.45, 2.75) is 13.0 Å². The van der Waals surface area contributed by atoms with Gasteiger partial charge in [-0.2, -0.15) is 0 Å². The number of hydrogen-bond donors (Lipinski definition) is 2. The van der Waals surface area contributed by atoms with Crippen molar-refractivity contribution in [1.82, 2.24) is 4.90 Å². The molecule has 0 unspecified atom stereocenters. The molecular formula is C19H22Cl2N2O4. The first kappa shape index (κ1) is 21.2. The summed E-state index contributed by atoms with van der Waals surface area (Å²) in [4.78, 5) is 14.4. The molecule has 0 bridgehead atoms. The number of nitrogens with zero attached hydrogens (tertiary/aromatic N) is 1. The van der Waals surface area contributed by atoms with Crippen molar-refractivity contribution in [3.8, 4) is 11.5 Å². The molecule has 0 heterocycles. The van der Waals surface area contributed by atoms with Crippen LogP contribution in [0.15, 0.2) is 36.4 Å². The second-order valence-corrected chi connectivity index (χ2v) is 6.56.